The van der Waals surface area contributed by atoms with E-state index in [0.717, 1.165) is 36.5 Å². The molecule has 42 nitrogen and oxygen atoms in total. The number of imidazole rings is 1. The number of aliphatic hydroxyl groups excluding tert-OH is 1. The van der Waals surface area contributed by atoms with Gasteiger partial charge in [0.05, 0.1) is 31.7 Å². The van der Waals surface area contributed by atoms with E-state index in [1.165, 1.54) is 74.0 Å². The second kappa shape index (κ2) is 50.6. The van der Waals surface area contributed by atoms with Gasteiger partial charge in [-0.05, 0) is 122 Å². The van der Waals surface area contributed by atoms with Crippen molar-refractivity contribution < 1.29 is 91.7 Å². The number of unbranched alkanes of at least 4 members (excludes halogenated alkanes) is 2. The number of aromatic hydroxyl groups is 1. The van der Waals surface area contributed by atoms with Gasteiger partial charge in [0.1, 0.15) is 90.3 Å². The number of rotatable bonds is 26. The highest BCUT2D eigenvalue weighted by Gasteiger charge is 2.45. The molecule has 6 heterocycles. The third-order valence-electron chi connectivity index (χ3n) is 23.7. The van der Waals surface area contributed by atoms with Crippen LogP contribution in [0.1, 0.15) is 147 Å². The average molecular weight is 1900 g/mol. The van der Waals surface area contributed by atoms with Crippen molar-refractivity contribution in [2.45, 2.75) is 235 Å². The standard InChI is InChI=1S/C90H125N23O19S2/c1-8-10-21-60-86(129)111(7)69(24-11-9-2)83(126)101-59(23-16-32-96-90(93)94)78(121)109-68(77(120)98-43-74(92)117)46-133-47-75(118)100-65(36-51-28-30-55(115)31-29-51)87(130)110(6)50(5)76(119)106-66(40-73(91)116)89(132)113-34-18-26-71(113)85(128)105-63(39-54-42-95-48-99-54)81(124)107-64(35-49(3)4)88(131)112-33-17-25-70(112)84(127)104-61(37-52-41-97-58-22-14-12-19-56(52)58)80(123)108-67(44-114)82(125)103-62(79(122)102-60)38-53-45-134-72-27-15-13-20-57(53)72/h12-15,19-20,22,27-31,41-42,45,48-50,59-71,97,114-115H,8-11,16-18,21,23-26,32-40,43-44,46-47H2,1-7H3,(H2,91,116)(H2,92,117)(H,95,99)(H,98,120)(H,100,118)(H,101,126)(H,102,122)(H,103,125)(H,104,127)(H,105,128)(H,106,119)(H,107,124)(H,108,123)(H,109,121)(H4,93,94,96)/t50-,59-,60+,61-,62-,63-,64-,65-,66+,67-,68-,69-,70-,71-/m0/s1. The van der Waals surface area contributed by atoms with Crippen LogP contribution in [-0.2, 0) is 107 Å². The summed E-state index contributed by atoms with van der Waals surface area (Å²) in [5, 5.41) is 64.5. The molecule has 23 N–H and O–H groups in total. The summed E-state index contributed by atoms with van der Waals surface area (Å²) in [6, 6.07) is -1.21. The molecule has 0 aliphatic carbocycles. The zero-order chi connectivity index (χ0) is 97.6. The number of amides is 17. The maximum atomic E-state index is 15.4. The molecule has 0 unspecified atom stereocenters. The first-order chi connectivity index (χ1) is 64.0. The second-order valence-electron chi connectivity index (χ2n) is 34.3. The molecule has 0 spiro atoms. The minimum atomic E-state index is -1.84. The van der Waals surface area contributed by atoms with Gasteiger partial charge in [0.2, 0.25) is 100 Å². The molecule has 134 heavy (non-hydrogen) atoms. The van der Waals surface area contributed by atoms with Crippen LogP contribution in [0.15, 0.2) is 96.9 Å². The number of fused-ring (bicyclic) bond motifs is 4. The van der Waals surface area contributed by atoms with Gasteiger partial charge in [0.15, 0.2) is 5.96 Å². The molecular weight excluding hydrogens is 1770 g/mol. The number of nitrogens with one attached hydrogen (secondary N) is 15. The highest BCUT2D eigenvalue weighted by atomic mass is 32.2. The fourth-order valence-electron chi connectivity index (χ4n) is 16.4. The Labute approximate surface area is 783 Å². The largest absolute Gasteiger partial charge is 0.508 e. The second-order valence-corrected chi connectivity index (χ2v) is 36.2. The van der Waals surface area contributed by atoms with Gasteiger partial charge in [-0.2, -0.15) is 0 Å². The zero-order valence-corrected chi connectivity index (χ0v) is 77.8. The number of benzene rings is 3. The number of hydrogen-bond donors (Lipinski definition) is 20. The Hall–Kier alpha value is -13.3. The average Bonchev–Trinajstić information content (AvgIpc) is 1.62. The monoisotopic (exact) mass is 1900 g/mol. The summed E-state index contributed by atoms with van der Waals surface area (Å²) in [5.41, 5.74) is 19.3. The Balaban J connectivity index is 1.09. The molecule has 44 heteroatoms. The quantitative estimate of drug-likeness (QED) is 0.0167. The summed E-state index contributed by atoms with van der Waals surface area (Å²) >= 11 is 2.12. The maximum absolute atomic E-state index is 15.4. The lowest BCUT2D eigenvalue weighted by atomic mass is 10.0. The van der Waals surface area contributed by atoms with Crippen LogP contribution in [0.3, 0.4) is 0 Å². The van der Waals surface area contributed by atoms with Crippen molar-refractivity contribution in [1.82, 2.24) is 98.4 Å². The summed E-state index contributed by atoms with van der Waals surface area (Å²) in [6.45, 7) is 6.65. The van der Waals surface area contributed by atoms with E-state index in [9.17, 15) is 53.4 Å². The van der Waals surface area contributed by atoms with Crippen molar-refractivity contribution in [3.63, 3.8) is 0 Å². The number of aromatic amines is 2. The maximum Gasteiger partial charge on any atom is 0.246 e. The van der Waals surface area contributed by atoms with E-state index >= 15 is 38.4 Å². The number of guanidine groups is 1. The topological polar surface area (TPSA) is 634 Å². The first-order valence-electron chi connectivity index (χ1n) is 45.0. The number of aliphatic hydroxyl groups is 1. The summed E-state index contributed by atoms with van der Waals surface area (Å²) in [6.07, 6.45) is 4.59. The van der Waals surface area contributed by atoms with Crippen LogP contribution in [0.4, 0.5) is 0 Å². The van der Waals surface area contributed by atoms with Crippen molar-refractivity contribution in [2.24, 2.45) is 23.1 Å². The molecule has 3 aromatic carbocycles. The number of aromatic nitrogens is 3. The Morgan fingerprint density at radius 1 is 0.552 bits per heavy atom. The number of phenolic OH excluding ortho intramolecular Hbond substituents is 1. The minimum Gasteiger partial charge on any atom is -0.508 e. The van der Waals surface area contributed by atoms with Gasteiger partial charge in [0, 0.05) is 98.9 Å². The van der Waals surface area contributed by atoms with E-state index in [0.29, 0.717) is 59.0 Å². The fourth-order valence-corrected chi connectivity index (χ4v) is 18.2. The normalized spacial score (nSPS) is 24.2. The smallest absolute Gasteiger partial charge is 0.246 e. The Bertz CT molecular complexity index is 5170. The molecule has 3 aliphatic heterocycles. The third kappa shape index (κ3) is 29.6. The number of primary amides is 2. The molecule has 3 fully saturated rings. The molecule has 14 atom stereocenters. The fraction of sp³-hybridized carbons (Fsp3) is 0.522. The highest BCUT2D eigenvalue weighted by Crippen LogP contribution is 2.29. The number of phenols is 1. The molecule has 17 amide bonds. The number of carbonyl (C=O) groups is 17. The van der Waals surface area contributed by atoms with Crippen LogP contribution in [0.2, 0.25) is 0 Å². The lowest BCUT2D eigenvalue weighted by Crippen LogP contribution is -2.61. The Kier molecular flexibility index (Phi) is 39.4. The summed E-state index contributed by atoms with van der Waals surface area (Å²) in [5.74, 6) is -17.4. The number of thiophene rings is 1. The molecule has 726 valence electrons. The first kappa shape index (κ1) is 104. The lowest BCUT2D eigenvalue weighted by molar-refractivity contribution is -0.145. The van der Waals surface area contributed by atoms with Crippen molar-refractivity contribution in [3.05, 3.63) is 119 Å². The van der Waals surface area contributed by atoms with E-state index in [4.69, 9.17) is 22.6 Å². The van der Waals surface area contributed by atoms with Gasteiger partial charge >= 0.3 is 0 Å². The predicted molar refractivity (Wildman–Crippen MR) is 497 cm³/mol. The molecule has 3 aliphatic rings. The number of nitrogens with zero attached hydrogens (tertiary/aromatic N) is 5. The van der Waals surface area contributed by atoms with Gasteiger partial charge < -0.3 is 121 Å². The SMILES string of the molecule is CCCC[C@H]1NC(=O)[C@H](Cc2csc3ccccc23)NC(=O)[C@H](CO)NC(=O)[C@H](Cc2c[nH]c3ccccc23)NC(=O)[C@@H]2CCCN2C(=O)[C@H](CC(C)C)NC(=O)[C@H](Cc2cnc[nH]2)NC(=O)[C@@H]2CCCN2C(=O)[C@@H](CC(N)=O)NC(=O)[C@H](C)N(C)C(=O)[C@H](Cc2ccc(O)cc2)NC(=O)CSC[C@@H](C(=O)NCC(N)=O)NC(=O)[C@H](CCCNC(=N)N)NC(=O)[C@H](CCCC)N(C)C1=O. The van der Waals surface area contributed by atoms with Crippen molar-refractivity contribution in [3.8, 4) is 5.75 Å². The molecule has 0 radical (unpaired) electrons. The van der Waals surface area contributed by atoms with E-state index in [2.05, 4.69) is 78.8 Å². The highest BCUT2D eigenvalue weighted by molar-refractivity contribution is 8.00. The van der Waals surface area contributed by atoms with Crippen LogP contribution >= 0.6 is 23.1 Å². The molecule has 3 aromatic heterocycles. The number of hydrogen-bond acceptors (Lipinski definition) is 23. The summed E-state index contributed by atoms with van der Waals surface area (Å²) in [7, 11) is 2.56. The van der Waals surface area contributed by atoms with Crippen LogP contribution < -0.4 is 81.0 Å². The van der Waals surface area contributed by atoms with Crippen molar-refractivity contribution in [1.29, 1.82) is 5.41 Å². The van der Waals surface area contributed by atoms with Crippen LogP contribution in [0.5, 0.6) is 5.75 Å². The third-order valence-corrected chi connectivity index (χ3v) is 25.8. The number of para-hydroxylation sites is 1. The van der Waals surface area contributed by atoms with E-state index in [1.54, 1.807) is 55.8 Å². The summed E-state index contributed by atoms with van der Waals surface area (Å²) in [4.78, 5) is 264. The predicted octanol–water partition coefficient (Wildman–Crippen LogP) is -1.51. The molecular formula is C90H125N23O19S2. The van der Waals surface area contributed by atoms with E-state index < -0.39 is 222 Å². The number of thioether (sulfide) groups is 1. The van der Waals surface area contributed by atoms with Crippen LogP contribution in [0.25, 0.3) is 21.0 Å². The molecule has 3 saturated heterocycles. The molecule has 9 rings (SSSR count). The lowest BCUT2D eigenvalue weighted by Gasteiger charge is -2.33. The van der Waals surface area contributed by atoms with E-state index in [1.807, 2.05) is 32.0 Å². The Morgan fingerprint density at radius 2 is 1.10 bits per heavy atom. The van der Waals surface area contributed by atoms with Gasteiger partial charge in [0.25, 0.3) is 0 Å². The summed E-state index contributed by atoms with van der Waals surface area (Å²) < 4.78 is 0.821. The van der Waals surface area contributed by atoms with Gasteiger partial charge in [-0.1, -0.05) is 102 Å². The zero-order valence-electron chi connectivity index (χ0n) is 76.2. The van der Waals surface area contributed by atoms with Crippen molar-refractivity contribution in [2.75, 3.05) is 58.4 Å². The molecule has 6 aromatic rings. The number of H-pyrrole nitrogens is 2. The number of carbonyl (C=O) groups excluding carboxylic acids is 17. The van der Waals surface area contributed by atoms with E-state index in [-0.39, 0.29) is 115 Å². The molecule has 0 saturated carbocycles. The van der Waals surface area contributed by atoms with Crippen LogP contribution in [0, 0.1) is 11.3 Å². The molecule has 0 bridgehead atoms. The van der Waals surface area contributed by atoms with Gasteiger partial charge in [-0.15, -0.1) is 23.1 Å². The number of likely N-dealkylation sites (N-methyl/N-ethyl adjacent to an activating group) is 2. The number of nitrogens with two attached hydrogens (primary N) is 3. The van der Waals surface area contributed by atoms with Gasteiger partial charge in [-0.25, -0.2) is 4.98 Å². The van der Waals surface area contributed by atoms with Crippen LogP contribution in [-0.4, -0.2) is 294 Å². The Morgan fingerprint density at radius 3 is 1.71 bits per heavy atom. The van der Waals surface area contributed by atoms with Gasteiger partial charge in [-0.3, -0.25) is 86.9 Å². The van der Waals surface area contributed by atoms with Crippen molar-refractivity contribution >= 4 is 150 Å². The first-order valence-corrected chi connectivity index (χ1v) is 47.0. The minimum absolute atomic E-state index is 0.00339.